The minimum atomic E-state index is -1.09. The van der Waals surface area contributed by atoms with Gasteiger partial charge in [0.2, 0.25) is 0 Å². The Kier molecular flexibility index (Phi) is 5.96. The molecule has 1 aromatic heterocycles. The zero-order valence-corrected chi connectivity index (χ0v) is 13.5. The van der Waals surface area contributed by atoms with Gasteiger partial charge in [-0.05, 0) is 57.2 Å². The Morgan fingerprint density at radius 2 is 2.14 bits per heavy atom. The van der Waals surface area contributed by atoms with Gasteiger partial charge in [-0.3, -0.25) is 0 Å². The van der Waals surface area contributed by atoms with Crippen LogP contribution in [0.25, 0.3) is 6.08 Å². The van der Waals surface area contributed by atoms with E-state index in [-0.39, 0.29) is 6.42 Å². The van der Waals surface area contributed by atoms with Crippen LogP contribution in [-0.4, -0.2) is 28.8 Å². The maximum absolute atomic E-state index is 11.6. The number of hydrogen-bond donors (Lipinski definition) is 2. The standard InChI is InChI=1S/C15H21NO4S/c1-10-8-9-21-12(10)7-5-6-11(13(17)18)16-14(19)20-15(2,3)4/h5,7-9,11H,6H2,1-4H3,(H,16,19)(H,17,18)/b7-5+/t11-/m0/s1. The van der Waals surface area contributed by atoms with Gasteiger partial charge in [-0.1, -0.05) is 6.08 Å². The molecule has 1 rings (SSSR count). The van der Waals surface area contributed by atoms with Crippen molar-refractivity contribution >= 4 is 29.5 Å². The number of aliphatic carboxylic acids is 1. The van der Waals surface area contributed by atoms with Gasteiger partial charge in [0.15, 0.2) is 0 Å². The van der Waals surface area contributed by atoms with Crippen LogP contribution in [0.4, 0.5) is 4.79 Å². The Hall–Kier alpha value is -1.82. The zero-order chi connectivity index (χ0) is 16.0. The molecule has 0 bridgehead atoms. The van der Waals surface area contributed by atoms with Gasteiger partial charge in [0.25, 0.3) is 0 Å². The highest BCUT2D eigenvalue weighted by Crippen LogP contribution is 2.17. The Morgan fingerprint density at radius 1 is 1.48 bits per heavy atom. The van der Waals surface area contributed by atoms with Crippen molar-refractivity contribution in [2.75, 3.05) is 0 Å². The lowest BCUT2D eigenvalue weighted by atomic mass is 10.2. The highest BCUT2D eigenvalue weighted by molar-refractivity contribution is 7.11. The molecule has 5 nitrogen and oxygen atoms in total. The highest BCUT2D eigenvalue weighted by Gasteiger charge is 2.22. The van der Waals surface area contributed by atoms with E-state index in [9.17, 15) is 9.59 Å². The Bertz CT molecular complexity index is 528. The zero-order valence-electron chi connectivity index (χ0n) is 12.7. The number of ether oxygens (including phenoxy) is 1. The van der Waals surface area contributed by atoms with Crippen molar-refractivity contribution in [1.82, 2.24) is 5.32 Å². The van der Waals surface area contributed by atoms with Crippen molar-refractivity contribution in [3.8, 4) is 0 Å². The number of hydrogen-bond acceptors (Lipinski definition) is 4. The second kappa shape index (κ2) is 7.26. The summed E-state index contributed by atoms with van der Waals surface area (Å²) in [6.45, 7) is 7.16. The molecule has 0 unspecified atom stereocenters. The molecule has 0 aliphatic rings. The molecule has 1 aromatic rings. The van der Waals surface area contributed by atoms with Crippen molar-refractivity contribution in [1.29, 1.82) is 0 Å². The molecule has 1 amide bonds. The number of rotatable bonds is 5. The molecule has 0 aliphatic heterocycles. The summed E-state index contributed by atoms with van der Waals surface area (Å²) in [7, 11) is 0. The molecule has 0 radical (unpaired) electrons. The first kappa shape index (κ1) is 17.2. The van der Waals surface area contributed by atoms with Crippen LogP contribution in [-0.2, 0) is 9.53 Å². The van der Waals surface area contributed by atoms with E-state index >= 15 is 0 Å². The van der Waals surface area contributed by atoms with Gasteiger partial charge < -0.3 is 15.2 Å². The molecule has 0 saturated heterocycles. The lowest BCUT2D eigenvalue weighted by molar-refractivity contribution is -0.139. The lowest BCUT2D eigenvalue weighted by Crippen LogP contribution is -2.43. The maximum atomic E-state index is 11.6. The van der Waals surface area contributed by atoms with Crippen LogP contribution in [0.2, 0.25) is 0 Å². The maximum Gasteiger partial charge on any atom is 0.408 e. The van der Waals surface area contributed by atoms with Crippen LogP contribution >= 0.6 is 11.3 Å². The van der Waals surface area contributed by atoms with E-state index in [1.807, 2.05) is 24.4 Å². The number of nitrogens with one attached hydrogen (secondary N) is 1. The topological polar surface area (TPSA) is 75.6 Å². The number of amides is 1. The van der Waals surface area contributed by atoms with Gasteiger partial charge in [-0.2, -0.15) is 0 Å². The summed E-state index contributed by atoms with van der Waals surface area (Å²) >= 11 is 1.59. The summed E-state index contributed by atoms with van der Waals surface area (Å²) in [5.74, 6) is -1.09. The fourth-order valence-electron chi connectivity index (χ4n) is 1.54. The van der Waals surface area contributed by atoms with E-state index < -0.39 is 23.7 Å². The fourth-order valence-corrected chi connectivity index (χ4v) is 2.39. The molecule has 1 atom stereocenters. The molecule has 0 saturated carbocycles. The average Bonchev–Trinajstić information content (AvgIpc) is 2.71. The molecule has 0 fully saturated rings. The molecule has 0 spiro atoms. The van der Waals surface area contributed by atoms with Crippen molar-refractivity contribution in [3.05, 3.63) is 28.0 Å². The summed E-state index contributed by atoms with van der Waals surface area (Å²) in [5.41, 5.74) is 0.486. The van der Waals surface area contributed by atoms with Gasteiger partial charge in [0, 0.05) is 4.88 Å². The Labute approximate surface area is 128 Å². The van der Waals surface area contributed by atoms with Crippen molar-refractivity contribution in [2.45, 2.75) is 45.8 Å². The molecule has 0 aliphatic carbocycles. The number of alkyl carbamates (subject to hydrolysis) is 1. The minimum Gasteiger partial charge on any atom is -0.480 e. The second-order valence-electron chi connectivity index (χ2n) is 5.64. The summed E-state index contributed by atoms with van der Waals surface area (Å²) in [6.07, 6.45) is 3.09. The molecular formula is C15H21NO4S. The quantitative estimate of drug-likeness (QED) is 0.873. The molecule has 116 valence electrons. The molecule has 21 heavy (non-hydrogen) atoms. The number of aryl methyl sites for hydroxylation is 1. The van der Waals surface area contributed by atoms with E-state index in [4.69, 9.17) is 9.84 Å². The number of carbonyl (C=O) groups is 2. The van der Waals surface area contributed by atoms with Crippen LogP contribution in [0.5, 0.6) is 0 Å². The summed E-state index contributed by atoms with van der Waals surface area (Å²) in [4.78, 5) is 23.8. The smallest absolute Gasteiger partial charge is 0.408 e. The van der Waals surface area contributed by atoms with Crippen molar-refractivity contribution in [2.24, 2.45) is 0 Å². The third-order valence-corrected chi connectivity index (χ3v) is 3.52. The average molecular weight is 311 g/mol. The first-order chi connectivity index (χ1) is 9.69. The number of carboxylic acid groups (broad SMARTS) is 1. The van der Waals surface area contributed by atoms with Gasteiger partial charge in [0.05, 0.1) is 0 Å². The predicted octanol–water partition coefficient (Wildman–Crippen LogP) is 3.44. The van der Waals surface area contributed by atoms with Crippen molar-refractivity contribution < 1.29 is 19.4 Å². The Morgan fingerprint density at radius 3 is 2.62 bits per heavy atom. The highest BCUT2D eigenvalue weighted by atomic mass is 32.1. The summed E-state index contributed by atoms with van der Waals surface area (Å²) in [5, 5.41) is 13.5. The predicted molar refractivity (Wildman–Crippen MR) is 83.5 cm³/mol. The molecule has 1 heterocycles. The van der Waals surface area contributed by atoms with E-state index in [0.717, 1.165) is 10.4 Å². The van der Waals surface area contributed by atoms with E-state index in [2.05, 4.69) is 5.32 Å². The summed E-state index contributed by atoms with van der Waals surface area (Å²) < 4.78 is 5.05. The monoisotopic (exact) mass is 311 g/mol. The van der Waals surface area contributed by atoms with Crippen molar-refractivity contribution in [3.63, 3.8) is 0 Å². The molecule has 0 aromatic carbocycles. The largest absolute Gasteiger partial charge is 0.480 e. The normalized spacial score (nSPS) is 13.1. The SMILES string of the molecule is Cc1ccsc1/C=C/C[C@H](NC(=O)OC(C)(C)C)C(=O)O. The van der Waals surface area contributed by atoms with E-state index in [1.165, 1.54) is 0 Å². The van der Waals surface area contributed by atoms with Gasteiger partial charge >= 0.3 is 12.1 Å². The minimum absolute atomic E-state index is 0.200. The molecule has 6 heteroatoms. The van der Waals surface area contributed by atoms with E-state index in [1.54, 1.807) is 38.2 Å². The first-order valence-corrected chi connectivity index (χ1v) is 7.50. The van der Waals surface area contributed by atoms with E-state index in [0.29, 0.717) is 0 Å². The third-order valence-electron chi connectivity index (χ3n) is 2.53. The van der Waals surface area contributed by atoms with Crippen LogP contribution in [0.1, 0.15) is 37.6 Å². The van der Waals surface area contributed by atoms with Crippen LogP contribution in [0.3, 0.4) is 0 Å². The van der Waals surface area contributed by atoms with Gasteiger partial charge in [-0.25, -0.2) is 9.59 Å². The summed E-state index contributed by atoms with van der Waals surface area (Å²) in [6, 6.07) is 0.995. The number of carboxylic acids is 1. The molecular weight excluding hydrogens is 290 g/mol. The van der Waals surface area contributed by atoms with Crippen LogP contribution in [0, 0.1) is 6.92 Å². The van der Waals surface area contributed by atoms with Gasteiger partial charge in [0.1, 0.15) is 11.6 Å². The lowest BCUT2D eigenvalue weighted by Gasteiger charge is -2.21. The fraction of sp³-hybridized carbons (Fsp3) is 0.467. The first-order valence-electron chi connectivity index (χ1n) is 6.62. The number of carbonyl (C=O) groups excluding carboxylic acids is 1. The second-order valence-corrected chi connectivity index (χ2v) is 6.59. The van der Waals surface area contributed by atoms with Crippen LogP contribution < -0.4 is 5.32 Å². The van der Waals surface area contributed by atoms with Gasteiger partial charge in [-0.15, -0.1) is 11.3 Å². The molecule has 2 N–H and O–H groups in total. The third kappa shape index (κ3) is 6.44. The van der Waals surface area contributed by atoms with Crippen LogP contribution in [0.15, 0.2) is 17.5 Å². The Balaban J connectivity index is 2.58. The number of thiophene rings is 1.